The van der Waals surface area contributed by atoms with Crippen molar-refractivity contribution in [2.24, 2.45) is 5.92 Å². The van der Waals surface area contributed by atoms with Gasteiger partial charge >= 0.3 is 0 Å². The molecule has 36 heavy (non-hydrogen) atoms. The Hall–Kier alpha value is -2.69. The summed E-state index contributed by atoms with van der Waals surface area (Å²) in [6, 6.07) is 32.3. The second kappa shape index (κ2) is 12.0. The van der Waals surface area contributed by atoms with Gasteiger partial charge in [0.1, 0.15) is 6.10 Å². The summed E-state index contributed by atoms with van der Waals surface area (Å²) in [7, 11) is -2.96. The topological polar surface area (TPSA) is 38.3 Å². The molecule has 1 amide bonds. The number of amides is 1. The first-order chi connectivity index (χ1) is 17.8. The molecule has 0 aliphatic heterocycles. The van der Waals surface area contributed by atoms with Crippen LogP contribution in [0.2, 0.25) is 0 Å². The summed E-state index contributed by atoms with van der Waals surface area (Å²) in [6.45, 7) is 0. The fourth-order valence-corrected chi connectivity index (χ4v) is 10.3. The quantitative estimate of drug-likeness (QED) is 0.349. The van der Waals surface area contributed by atoms with Gasteiger partial charge in [-0.3, -0.25) is 4.79 Å². The molecule has 0 aromatic heterocycles. The number of nitrogens with one attached hydrogen (secondary N) is 1. The van der Waals surface area contributed by atoms with Crippen molar-refractivity contribution in [1.82, 2.24) is 5.32 Å². The summed E-state index contributed by atoms with van der Waals surface area (Å²) in [5, 5.41) is 7.02. The Labute approximate surface area is 217 Å². The maximum absolute atomic E-state index is 14.1. The molecule has 3 aromatic carbocycles. The normalized spacial score (nSPS) is 18.4. The van der Waals surface area contributed by atoms with Crippen molar-refractivity contribution in [1.29, 1.82) is 0 Å². The van der Waals surface area contributed by atoms with Crippen LogP contribution in [0.3, 0.4) is 0 Å². The third-order valence-electron chi connectivity index (χ3n) is 8.13. The van der Waals surface area contributed by atoms with Gasteiger partial charge in [-0.15, -0.1) is 0 Å². The lowest BCUT2D eigenvalue weighted by atomic mass is 9.84. The smallest absolute Gasteiger partial charge is 0.289 e. The SMILES string of the molecule is O=C(NC1CCCCC1)C(O[Si](c1ccccc1)(c1ccccc1)c1ccccc1)C1CCCCC1. The number of hydrogen-bond acceptors (Lipinski definition) is 2. The Morgan fingerprint density at radius 3 is 1.50 bits per heavy atom. The molecule has 3 nitrogen and oxygen atoms in total. The molecule has 0 radical (unpaired) electrons. The Kier molecular flexibility index (Phi) is 8.35. The molecule has 1 N–H and O–H groups in total. The van der Waals surface area contributed by atoms with Gasteiger partial charge in [0.05, 0.1) is 0 Å². The lowest BCUT2D eigenvalue weighted by Crippen LogP contribution is -2.72. The van der Waals surface area contributed by atoms with Gasteiger partial charge in [0.15, 0.2) is 0 Å². The molecule has 2 aliphatic rings. The van der Waals surface area contributed by atoms with E-state index in [4.69, 9.17) is 4.43 Å². The third-order valence-corrected chi connectivity index (χ3v) is 12.2. The van der Waals surface area contributed by atoms with E-state index in [0.717, 1.165) is 25.7 Å². The van der Waals surface area contributed by atoms with Gasteiger partial charge in [0.25, 0.3) is 8.32 Å². The van der Waals surface area contributed by atoms with Gasteiger partial charge < -0.3 is 9.74 Å². The number of rotatable bonds is 8. The molecule has 0 heterocycles. The fourth-order valence-electron chi connectivity index (χ4n) is 6.24. The molecule has 0 saturated heterocycles. The molecule has 0 spiro atoms. The van der Waals surface area contributed by atoms with E-state index in [2.05, 4.69) is 96.3 Å². The molecular weight excluding hydrogens is 458 g/mol. The van der Waals surface area contributed by atoms with Crippen molar-refractivity contribution in [2.75, 3.05) is 0 Å². The standard InChI is InChI=1S/C32H39NO2Si/c34-32(33-27-18-8-2-9-19-27)31(26-16-6-1-7-17-26)35-36(28-20-10-3-11-21-28,29-22-12-4-13-23-29)30-24-14-5-15-25-30/h3-5,10-15,20-27,31H,1-2,6-9,16-19H2,(H,33,34). The minimum absolute atomic E-state index is 0.105. The summed E-state index contributed by atoms with van der Waals surface area (Å²) >= 11 is 0. The molecule has 4 heteroatoms. The first-order valence-electron chi connectivity index (χ1n) is 13.9. The first-order valence-corrected chi connectivity index (χ1v) is 15.8. The molecule has 2 aliphatic carbocycles. The number of carbonyl (C=O) groups excluding carboxylic acids is 1. The van der Waals surface area contributed by atoms with Crippen molar-refractivity contribution < 1.29 is 9.22 Å². The summed E-state index contributed by atoms with van der Waals surface area (Å²) in [4.78, 5) is 14.1. The third kappa shape index (κ3) is 5.50. The zero-order valence-electron chi connectivity index (χ0n) is 21.3. The van der Waals surface area contributed by atoms with E-state index in [1.807, 2.05) is 0 Å². The van der Waals surface area contributed by atoms with E-state index in [1.165, 1.54) is 54.1 Å². The van der Waals surface area contributed by atoms with E-state index in [-0.39, 0.29) is 17.9 Å². The van der Waals surface area contributed by atoms with E-state index in [0.29, 0.717) is 0 Å². The predicted molar refractivity (Wildman–Crippen MR) is 150 cm³/mol. The molecular formula is C32H39NO2Si. The second-order valence-electron chi connectivity index (χ2n) is 10.6. The van der Waals surface area contributed by atoms with Gasteiger partial charge in [-0.05, 0) is 47.2 Å². The van der Waals surface area contributed by atoms with Crippen molar-refractivity contribution >= 4 is 29.8 Å². The monoisotopic (exact) mass is 497 g/mol. The fraction of sp³-hybridized carbons (Fsp3) is 0.406. The summed E-state index contributed by atoms with van der Waals surface area (Å²) in [6.07, 6.45) is 11.1. The Morgan fingerprint density at radius 1 is 0.639 bits per heavy atom. The van der Waals surface area contributed by atoms with Crippen molar-refractivity contribution in [3.05, 3.63) is 91.0 Å². The molecule has 1 atom stereocenters. The van der Waals surface area contributed by atoms with Crippen LogP contribution in [0.25, 0.3) is 0 Å². The van der Waals surface area contributed by atoms with Crippen LogP contribution in [0.5, 0.6) is 0 Å². The van der Waals surface area contributed by atoms with Crippen molar-refractivity contribution in [3.8, 4) is 0 Å². The highest BCUT2D eigenvalue weighted by molar-refractivity contribution is 7.07. The van der Waals surface area contributed by atoms with Crippen LogP contribution in [0.4, 0.5) is 0 Å². The van der Waals surface area contributed by atoms with E-state index < -0.39 is 14.4 Å². The van der Waals surface area contributed by atoms with E-state index in [1.54, 1.807) is 0 Å². The van der Waals surface area contributed by atoms with Gasteiger partial charge in [0.2, 0.25) is 5.91 Å². The molecule has 5 rings (SSSR count). The lowest BCUT2D eigenvalue weighted by Gasteiger charge is -2.40. The zero-order chi connectivity index (χ0) is 24.6. The van der Waals surface area contributed by atoms with Crippen LogP contribution >= 0.6 is 0 Å². The molecule has 188 valence electrons. The van der Waals surface area contributed by atoms with E-state index >= 15 is 0 Å². The van der Waals surface area contributed by atoms with Gasteiger partial charge in [0, 0.05) is 6.04 Å². The van der Waals surface area contributed by atoms with Gasteiger partial charge in [-0.25, -0.2) is 0 Å². The lowest BCUT2D eigenvalue weighted by molar-refractivity contribution is -0.132. The van der Waals surface area contributed by atoms with Crippen LogP contribution in [-0.4, -0.2) is 26.4 Å². The number of benzene rings is 3. The maximum atomic E-state index is 14.1. The van der Waals surface area contributed by atoms with Crippen LogP contribution in [0, 0.1) is 5.92 Å². The molecule has 3 aromatic rings. The van der Waals surface area contributed by atoms with Crippen LogP contribution in [-0.2, 0) is 9.22 Å². The van der Waals surface area contributed by atoms with Crippen LogP contribution < -0.4 is 20.9 Å². The summed E-state index contributed by atoms with van der Waals surface area (Å²) in [5.41, 5.74) is 0. The molecule has 2 saturated carbocycles. The highest BCUT2D eigenvalue weighted by Gasteiger charge is 2.47. The largest absolute Gasteiger partial charge is 0.392 e. The molecule has 0 bridgehead atoms. The molecule has 2 fully saturated rings. The van der Waals surface area contributed by atoms with Gasteiger partial charge in [-0.2, -0.15) is 0 Å². The molecule has 1 unspecified atom stereocenters. The van der Waals surface area contributed by atoms with Gasteiger partial charge in [-0.1, -0.05) is 130 Å². The maximum Gasteiger partial charge on any atom is 0.289 e. The minimum atomic E-state index is -2.96. The summed E-state index contributed by atoms with van der Waals surface area (Å²) in [5.74, 6) is 0.360. The Balaban J connectivity index is 1.61. The highest BCUT2D eigenvalue weighted by atomic mass is 28.4. The van der Waals surface area contributed by atoms with Crippen LogP contribution in [0.15, 0.2) is 91.0 Å². The highest BCUT2D eigenvalue weighted by Crippen LogP contribution is 2.30. The number of carbonyl (C=O) groups is 1. The predicted octanol–water partition coefficient (Wildman–Crippen LogP) is 5.07. The van der Waals surface area contributed by atoms with Crippen LogP contribution in [0.1, 0.15) is 64.2 Å². The average molecular weight is 498 g/mol. The summed E-state index contributed by atoms with van der Waals surface area (Å²) < 4.78 is 7.47. The minimum Gasteiger partial charge on any atom is -0.392 e. The second-order valence-corrected chi connectivity index (χ2v) is 13.9. The number of hydrogen-bond donors (Lipinski definition) is 1. The van der Waals surface area contributed by atoms with Crippen molar-refractivity contribution in [2.45, 2.75) is 76.4 Å². The zero-order valence-corrected chi connectivity index (χ0v) is 22.3. The van der Waals surface area contributed by atoms with E-state index in [9.17, 15) is 4.79 Å². The Bertz CT molecular complexity index is 980. The van der Waals surface area contributed by atoms with Crippen molar-refractivity contribution in [3.63, 3.8) is 0 Å². The first kappa shape index (κ1) is 25.0. The average Bonchev–Trinajstić information content (AvgIpc) is 2.96. The Morgan fingerprint density at radius 2 is 1.06 bits per heavy atom.